The Morgan fingerprint density at radius 2 is 2.03 bits per heavy atom. The molecule has 3 N–H and O–H groups in total. The topological polar surface area (TPSA) is 121 Å². The van der Waals surface area contributed by atoms with E-state index in [4.69, 9.17) is 14.2 Å². The van der Waals surface area contributed by atoms with Crippen molar-refractivity contribution in [1.29, 1.82) is 0 Å². The van der Waals surface area contributed by atoms with Crippen molar-refractivity contribution < 1.29 is 34.0 Å². The molecule has 1 aromatic carbocycles. The molecule has 10 nitrogen and oxygen atoms in total. The fourth-order valence-corrected chi connectivity index (χ4v) is 4.91. The second-order valence-electron chi connectivity index (χ2n) is 8.65. The number of para-hydroxylation sites is 1. The molecule has 0 bridgehead atoms. The highest BCUT2D eigenvalue weighted by Gasteiger charge is 2.50. The normalized spacial score (nSPS) is 26.1. The molecule has 1 saturated heterocycles. The molecule has 1 aromatic rings. The molecule has 1 fully saturated rings. The molecule has 186 valence electrons. The van der Waals surface area contributed by atoms with Crippen molar-refractivity contribution in [3.63, 3.8) is 0 Å². The first-order valence-corrected chi connectivity index (χ1v) is 11.7. The minimum Gasteiger partial charge on any atom is -0.486 e. The van der Waals surface area contributed by atoms with E-state index in [1.54, 1.807) is 11.0 Å². The average Bonchev–Trinajstić information content (AvgIpc) is 3.25. The van der Waals surface area contributed by atoms with E-state index in [0.29, 0.717) is 37.6 Å². The monoisotopic (exact) mass is 475 g/mol. The van der Waals surface area contributed by atoms with Crippen LogP contribution in [0.2, 0.25) is 0 Å². The van der Waals surface area contributed by atoms with Crippen LogP contribution < -0.4 is 10.1 Å². The quantitative estimate of drug-likeness (QED) is 0.421. The lowest BCUT2D eigenvalue weighted by Crippen LogP contribution is -2.57. The smallest absolute Gasteiger partial charge is 0.249 e. The van der Waals surface area contributed by atoms with Crippen LogP contribution >= 0.6 is 0 Å². The van der Waals surface area contributed by atoms with Gasteiger partial charge in [-0.05, 0) is 12.1 Å². The first kappa shape index (κ1) is 24.6. The molecule has 4 rings (SSSR count). The summed E-state index contributed by atoms with van der Waals surface area (Å²) in [6, 6.07) is 6.63. The van der Waals surface area contributed by atoms with E-state index >= 15 is 0 Å². The lowest BCUT2D eigenvalue weighted by Gasteiger charge is -2.41. The van der Waals surface area contributed by atoms with Gasteiger partial charge in [-0.15, -0.1) is 0 Å². The lowest BCUT2D eigenvalue weighted by atomic mass is 9.77. The molecule has 2 amide bonds. The third-order valence-corrected chi connectivity index (χ3v) is 6.59. The predicted molar refractivity (Wildman–Crippen MR) is 122 cm³/mol. The van der Waals surface area contributed by atoms with Gasteiger partial charge in [-0.25, -0.2) is 0 Å². The number of methoxy groups -OCH3 is 1. The highest BCUT2D eigenvalue weighted by Crippen LogP contribution is 2.47. The van der Waals surface area contributed by atoms with E-state index in [2.05, 4.69) is 10.2 Å². The highest BCUT2D eigenvalue weighted by atomic mass is 16.5. The van der Waals surface area contributed by atoms with Crippen LogP contribution in [0.25, 0.3) is 0 Å². The van der Waals surface area contributed by atoms with Gasteiger partial charge in [0.15, 0.2) is 0 Å². The second kappa shape index (κ2) is 11.3. The SMILES string of the molecule is COCC(=O)N(CCN1CCOCC1)[C@@H]1C=C(C(=O)NCCO)[C@@H]2c3ccccc3O[C@@H]2[C@H]1O. The van der Waals surface area contributed by atoms with Gasteiger partial charge in [-0.1, -0.05) is 18.2 Å². The van der Waals surface area contributed by atoms with Crippen molar-refractivity contribution in [3.05, 3.63) is 41.5 Å². The molecular weight excluding hydrogens is 442 g/mol. The number of carbonyl (C=O) groups is 2. The van der Waals surface area contributed by atoms with E-state index in [1.807, 2.05) is 24.3 Å². The summed E-state index contributed by atoms with van der Waals surface area (Å²) >= 11 is 0. The van der Waals surface area contributed by atoms with E-state index < -0.39 is 24.2 Å². The average molecular weight is 476 g/mol. The standard InChI is InChI=1S/C24H33N3O7/c1-32-15-20(29)27(8-7-26-9-12-33-13-10-26)18-14-17(24(31)25-6-11-28)21-16-4-2-3-5-19(16)34-23(21)22(18)30/h2-5,14,18,21-23,28,30H,6-13,15H2,1H3,(H,25,31)/t18-,21+,22+,23+/m1/s1. The van der Waals surface area contributed by atoms with Crippen LogP contribution in [0.15, 0.2) is 35.9 Å². The highest BCUT2D eigenvalue weighted by molar-refractivity contribution is 5.96. The zero-order valence-electron chi connectivity index (χ0n) is 19.4. The molecule has 3 aliphatic rings. The van der Waals surface area contributed by atoms with Crippen molar-refractivity contribution in [2.75, 3.05) is 66.3 Å². The molecule has 1 aliphatic carbocycles. The number of fused-ring (bicyclic) bond motifs is 3. The Morgan fingerprint density at radius 1 is 1.26 bits per heavy atom. The maximum absolute atomic E-state index is 13.1. The molecule has 2 heterocycles. The zero-order valence-corrected chi connectivity index (χ0v) is 19.4. The Labute approximate surface area is 199 Å². The predicted octanol–water partition coefficient (Wildman–Crippen LogP) is -0.884. The molecule has 0 aromatic heterocycles. The second-order valence-corrected chi connectivity index (χ2v) is 8.65. The summed E-state index contributed by atoms with van der Waals surface area (Å²) in [5.41, 5.74) is 1.23. The van der Waals surface area contributed by atoms with Crippen LogP contribution in [0.3, 0.4) is 0 Å². The van der Waals surface area contributed by atoms with Crippen LogP contribution in [0.1, 0.15) is 11.5 Å². The lowest BCUT2D eigenvalue weighted by molar-refractivity contribution is -0.141. The number of nitrogens with one attached hydrogen (secondary N) is 1. The number of aliphatic hydroxyl groups excluding tert-OH is 2. The third-order valence-electron chi connectivity index (χ3n) is 6.59. The van der Waals surface area contributed by atoms with Gasteiger partial charge in [0.05, 0.1) is 31.8 Å². The van der Waals surface area contributed by atoms with Crippen LogP contribution in [-0.2, 0) is 19.1 Å². The van der Waals surface area contributed by atoms with Crippen molar-refractivity contribution in [3.8, 4) is 5.75 Å². The summed E-state index contributed by atoms with van der Waals surface area (Å²) in [5, 5.41) is 23.3. The summed E-state index contributed by atoms with van der Waals surface area (Å²) < 4.78 is 16.6. The minimum atomic E-state index is -1.04. The number of morpholine rings is 1. The van der Waals surface area contributed by atoms with Crippen LogP contribution in [-0.4, -0.2) is 116 Å². The van der Waals surface area contributed by atoms with Gasteiger partial charge < -0.3 is 34.6 Å². The third kappa shape index (κ3) is 5.11. The van der Waals surface area contributed by atoms with Gasteiger partial charge in [-0.3, -0.25) is 14.5 Å². The zero-order chi connectivity index (χ0) is 24.1. The Bertz CT molecular complexity index is 902. The van der Waals surface area contributed by atoms with E-state index in [0.717, 1.165) is 18.7 Å². The molecule has 0 saturated carbocycles. The van der Waals surface area contributed by atoms with E-state index in [-0.39, 0.29) is 31.6 Å². The van der Waals surface area contributed by atoms with Gasteiger partial charge in [0, 0.05) is 51.0 Å². The van der Waals surface area contributed by atoms with Gasteiger partial charge in [0.2, 0.25) is 11.8 Å². The largest absolute Gasteiger partial charge is 0.486 e. The first-order valence-electron chi connectivity index (χ1n) is 11.7. The molecule has 0 spiro atoms. The van der Waals surface area contributed by atoms with Gasteiger partial charge in [0.1, 0.15) is 24.6 Å². The van der Waals surface area contributed by atoms with Crippen LogP contribution in [0, 0.1) is 0 Å². The number of carbonyl (C=O) groups excluding carboxylic acids is 2. The molecule has 0 unspecified atom stereocenters. The summed E-state index contributed by atoms with van der Waals surface area (Å²) in [6.07, 6.45) is -0.0857. The van der Waals surface area contributed by atoms with E-state index in [1.165, 1.54) is 7.11 Å². The number of benzene rings is 1. The Hall–Kier alpha value is -2.50. The number of aliphatic hydroxyl groups is 2. The van der Waals surface area contributed by atoms with Crippen molar-refractivity contribution in [1.82, 2.24) is 15.1 Å². The number of nitrogens with zero attached hydrogens (tertiary/aromatic N) is 2. The minimum absolute atomic E-state index is 0.104. The van der Waals surface area contributed by atoms with Gasteiger partial charge in [-0.2, -0.15) is 0 Å². The van der Waals surface area contributed by atoms with Crippen molar-refractivity contribution >= 4 is 11.8 Å². The fraction of sp³-hybridized carbons (Fsp3) is 0.583. The van der Waals surface area contributed by atoms with Crippen molar-refractivity contribution in [2.45, 2.75) is 24.2 Å². The van der Waals surface area contributed by atoms with Crippen LogP contribution in [0.4, 0.5) is 0 Å². The maximum atomic E-state index is 13.1. The number of hydrogen-bond donors (Lipinski definition) is 3. The van der Waals surface area contributed by atoms with E-state index in [9.17, 15) is 19.8 Å². The number of amides is 2. The van der Waals surface area contributed by atoms with Gasteiger partial charge in [0.25, 0.3) is 0 Å². The summed E-state index contributed by atoms with van der Waals surface area (Å²) in [5.74, 6) is -0.491. The molecule has 0 radical (unpaired) electrons. The summed E-state index contributed by atoms with van der Waals surface area (Å²) in [6.45, 7) is 3.57. The summed E-state index contributed by atoms with van der Waals surface area (Å²) in [4.78, 5) is 29.9. The molecular formula is C24H33N3O7. The molecule has 4 atom stereocenters. The van der Waals surface area contributed by atoms with Crippen LogP contribution in [0.5, 0.6) is 5.75 Å². The fourth-order valence-electron chi connectivity index (χ4n) is 4.91. The Balaban J connectivity index is 1.65. The molecule has 10 heteroatoms. The maximum Gasteiger partial charge on any atom is 0.249 e. The van der Waals surface area contributed by atoms with Crippen molar-refractivity contribution in [2.24, 2.45) is 0 Å². The molecule has 34 heavy (non-hydrogen) atoms. The Morgan fingerprint density at radius 3 is 2.76 bits per heavy atom. The first-order chi connectivity index (χ1) is 16.5. The summed E-state index contributed by atoms with van der Waals surface area (Å²) in [7, 11) is 1.45. The number of rotatable bonds is 9. The Kier molecular flexibility index (Phi) is 8.17. The number of ether oxygens (including phenoxy) is 3. The molecule has 2 aliphatic heterocycles. The number of hydrogen-bond acceptors (Lipinski definition) is 8. The van der Waals surface area contributed by atoms with Gasteiger partial charge >= 0.3 is 0 Å².